The third-order valence-electron chi connectivity index (χ3n) is 3.78. The Bertz CT molecular complexity index is 683. The Hall–Kier alpha value is -2.19. The molecule has 3 rings (SSSR count). The van der Waals surface area contributed by atoms with E-state index >= 15 is 0 Å². The lowest BCUT2D eigenvalue weighted by Crippen LogP contribution is -2.28. The number of ether oxygens (including phenoxy) is 2. The first-order valence-electron chi connectivity index (χ1n) is 8.43. The summed E-state index contributed by atoms with van der Waals surface area (Å²) < 4.78 is 11.2. The van der Waals surface area contributed by atoms with Crippen LogP contribution < -0.4 is 15.4 Å². The Kier molecular flexibility index (Phi) is 6.19. The summed E-state index contributed by atoms with van der Waals surface area (Å²) in [5.74, 6) is 0.766. The number of aromatic nitrogens is 2. The van der Waals surface area contributed by atoms with E-state index in [0.29, 0.717) is 18.8 Å². The highest BCUT2D eigenvalue weighted by Crippen LogP contribution is 2.18. The smallest absolute Gasteiger partial charge is 0.319 e. The first-order chi connectivity index (χ1) is 12.2. The second-order valence-electron chi connectivity index (χ2n) is 5.72. The number of nitrogens with zero attached hydrogens (tertiary/aromatic N) is 2. The normalized spacial score (nSPS) is 16.6. The van der Waals surface area contributed by atoms with Crippen LogP contribution in [0.3, 0.4) is 0 Å². The summed E-state index contributed by atoms with van der Waals surface area (Å²) in [6.07, 6.45) is 3.19. The van der Waals surface area contributed by atoms with Gasteiger partial charge in [-0.15, -0.1) is 10.2 Å². The van der Waals surface area contributed by atoms with Crippen molar-refractivity contribution in [2.45, 2.75) is 38.8 Å². The molecule has 2 heterocycles. The summed E-state index contributed by atoms with van der Waals surface area (Å²) in [7, 11) is 0. The van der Waals surface area contributed by atoms with Gasteiger partial charge in [0.25, 0.3) is 0 Å². The molecule has 8 heteroatoms. The molecule has 2 aromatic rings. The van der Waals surface area contributed by atoms with Crippen LogP contribution in [0.2, 0.25) is 0 Å². The molecule has 1 atom stereocenters. The maximum absolute atomic E-state index is 11.9. The van der Waals surface area contributed by atoms with Gasteiger partial charge in [0, 0.05) is 12.3 Å². The summed E-state index contributed by atoms with van der Waals surface area (Å²) in [6.45, 7) is 3.78. The van der Waals surface area contributed by atoms with Gasteiger partial charge >= 0.3 is 6.03 Å². The highest BCUT2D eigenvalue weighted by molar-refractivity contribution is 7.11. The van der Waals surface area contributed by atoms with E-state index in [1.165, 1.54) is 11.3 Å². The Labute approximate surface area is 150 Å². The fourth-order valence-corrected chi connectivity index (χ4v) is 3.16. The zero-order valence-corrected chi connectivity index (χ0v) is 15.0. The number of anilines is 1. The number of nitrogens with one attached hydrogen (secondary N) is 2. The number of hydrogen-bond donors (Lipinski definition) is 2. The maximum Gasteiger partial charge on any atom is 0.319 e. The third kappa shape index (κ3) is 5.40. The SMILES string of the molecule is CCc1nnc(CNC(=O)Nc2ccc(OC[C@@H]3CCCO3)cc2)s1. The van der Waals surface area contributed by atoms with E-state index in [4.69, 9.17) is 9.47 Å². The molecule has 0 spiro atoms. The van der Waals surface area contributed by atoms with E-state index in [9.17, 15) is 4.79 Å². The van der Waals surface area contributed by atoms with Crippen LogP contribution in [0.5, 0.6) is 5.75 Å². The zero-order chi connectivity index (χ0) is 17.5. The number of carbonyl (C=O) groups is 1. The second-order valence-corrected chi connectivity index (χ2v) is 6.87. The van der Waals surface area contributed by atoms with Crippen LogP contribution in [0.1, 0.15) is 29.8 Å². The van der Waals surface area contributed by atoms with Gasteiger partial charge in [0.2, 0.25) is 0 Å². The average Bonchev–Trinajstić information content (AvgIpc) is 3.31. The largest absolute Gasteiger partial charge is 0.491 e. The van der Waals surface area contributed by atoms with Gasteiger partial charge in [-0.3, -0.25) is 0 Å². The van der Waals surface area contributed by atoms with E-state index in [2.05, 4.69) is 20.8 Å². The molecule has 1 saturated heterocycles. The minimum atomic E-state index is -0.277. The first kappa shape index (κ1) is 17.6. The van der Waals surface area contributed by atoms with Crippen LogP contribution in [0.4, 0.5) is 10.5 Å². The summed E-state index contributed by atoms with van der Waals surface area (Å²) in [6, 6.07) is 7.02. The van der Waals surface area contributed by atoms with Crippen molar-refractivity contribution in [3.63, 3.8) is 0 Å². The lowest BCUT2D eigenvalue weighted by Gasteiger charge is -2.12. The topological polar surface area (TPSA) is 85.4 Å². The second kappa shape index (κ2) is 8.77. The number of benzene rings is 1. The van der Waals surface area contributed by atoms with Gasteiger partial charge in [-0.1, -0.05) is 18.3 Å². The van der Waals surface area contributed by atoms with E-state index in [0.717, 1.165) is 41.6 Å². The summed E-state index contributed by atoms with van der Waals surface area (Å²) >= 11 is 1.51. The van der Waals surface area contributed by atoms with Gasteiger partial charge in [-0.2, -0.15) is 0 Å². The van der Waals surface area contributed by atoms with E-state index < -0.39 is 0 Å². The van der Waals surface area contributed by atoms with Gasteiger partial charge < -0.3 is 20.1 Å². The molecule has 2 amide bonds. The van der Waals surface area contributed by atoms with Crippen LogP contribution in [0.25, 0.3) is 0 Å². The molecule has 25 heavy (non-hydrogen) atoms. The van der Waals surface area contributed by atoms with Crippen LogP contribution in [-0.4, -0.2) is 35.5 Å². The Morgan fingerprint density at radius 3 is 2.80 bits per heavy atom. The van der Waals surface area contributed by atoms with Crippen molar-refractivity contribution in [1.82, 2.24) is 15.5 Å². The van der Waals surface area contributed by atoms with Gasteiger partial charge in [0.1, 0.15) is 22.4 Å². The molecule has 134 valence electrons. The highest BCUT2D eigenvalue weighted by atomic mass is 32.1. The number of carbonyl (C=O) groups excluding carboxylic acids is 1. The molecule has 0 unspecified atom stereocenters. The summed E-state index contributed by atoms with van der Waals surface area (Å²) in [5.41, 5.74) is 0.702. The van der Waals surface area contributed by atoms with E-state index in [-0.39, 0.29) is 12.1 Å². The zero-order valence-electron chi connectivity index (χ0n) is 14.2. The van der Waals surface area contributed by atoms with Crippen molar-refractivity contribution in [1.29, 1.82) is 0 Å². The van der Waals surface area contributed by atoms with Crippen molar-refractivity contribution in [2.24, 2.45) is 0 Å². The van der Waals surface area contributed by atoms with Gasteiger partial charge in [-0.25, -0.2) is 4.79 Å². The molecule has 1 aliphatic heterocycles. The lowest BCUT2D eigenvalue weighted by molar-refractivity contribution is 0.0679. The molecular formula is C17H22N4O3S. The standard InChI is InChI=1S/C17H22N4O3S/c1-2-15-20-21-16(25-15)10-18-17(22)19-12-5-7-13(8-6-12)24-11-14-4-3-9-23-14/h5-8,14H,2-4,9-11H2,1H3,(H2,18,19,22)/t14-/m0/s1. The quantitative estimate of drug-likeness (QED) is 0.791. The summed E-state index contributed by atoms with van der Waals surface area (Å²) in [4.78, 5) is 11.9. The molecule has 0 saturated carbocycles. The Morgan fingerprint density at radius 2 is 2.12 bits per heavy atom. The fraction of sp³-hybridized carbons (Fsp3) is 0.471. The molecule has 1 aromatic carbocycles. The fourth-order valence-electron chi connectivity index (χ4n) is 2.43. The van der Waals surface area contributed by atoms with Crippen molar-refractivity contribution in [3.8, 4) is 5.75 Å². The highest BCUT2D eigenvalue weighted by Gasteiger charge is 2.15. The number of rotatable bonds is 7. The molecule has 0 aliphatic carbocycles. The van der Waals surface area contributed by atoms with Crippen LogP contribution in [-0.2, 0) is 17.7 Å². The van der Waals surface area contributed by atoms with Crippen molar-refractivity contribution < 1.29 is 14.3 Å². The Morgan fingerprint density at radius 1 is 1.32 bits per heavy atom. The molecule has 1 fully saturated rings. The van der Waals surface area contributed by atoms with Crippen molar-refractivity contribution in [2.75, 3.05) is 18.5 Å². The number of amides is 2. The van der Waals surface area contributed by atoms with Gasteiger partial charge in [0.15, 0.2) is 0 Å². The number of urea groups is 1. The molecular weight excluding hydrogens is 340 g/mol. The lowest BCUT2D eigenvalue weighted by atomic mass is 10.2. The van der Waals surface area contributed by atoms with Crippen molar-refractivity contribution >= 4 is 23.1 Å². The first-order valence-corrected chi connectivity index (χ1v) is 9.25. The molecule has 0 radical (unpaired) electrons. The van der Waals surface area contributed by atoms with Crippen molar-refractivity contribution in [3.05, 3.63) is 34.3 Å². The minimum absolute atomic E-state index is 0.192. The van der Waals surface area contributed by atoms with Gasteiger partial charge in [-0.05, 0) is 43.5 Å². The predicted molar refractivity (Wildman–Crippen MR) is 96.1 cm³/mol. The monoisotopic (exact) mass is 362 g/mol. The molecule has 2 N–H and O–H groups in total. The molecule has 7 nitrogen and oxygen atoms in total. The molecule has 1 aromatic heterocycles. The minimum Gasteiger partial charge on any atom is -0.491 e. The average molecular weight is 362 g/mol. The van der Waals surface area contributed by atoms with Crippen LogP contribution >= 0.6 is 11.3 Å². The number of aryl methyl sites for hydroxylation is 1. The maximum atomic E-state index is 11.9. The predicted octanol–water partition coefficient (Wildman–Crippen LogP) is 2.98. The number of hydrogen-bond acceptors (Lipinski definition) is 6. The third-order valence-corrected chi connectivity index (χ3v) is 4.85. The van der Waals surface area contributed by atoms with E-state index in [1.807, 2.05) is 31.2 Å². The van der Waals surface area contributed by atoms with Crippen LogP contribution in [0.15, 0.2) is 24.3 Å². The van der Waals surface area contributed by atoms with Gasteiger partial charge in [0.05, 0.1) is 12.6 Å². The molecule has 1 aliphatic rings. The molecule has 0 bridgehead atoms. The Balaban J connectivity index is 1.41. The van der Waals surface area contributed by atoms with E-state index in [1.54, 1.807) is 0 Å². The van der Waals surface area contributed by atoms with Crippen LogP contribution in [0, 0.1) is 0 Å². The summed E-state index contributed by atoms with van der Waals surface area (Å²) in [5, 5.41) is 15.4.